The van der Waals surface area contributed by atoms with E-state index in [9.17, 15) is 9.59 Å². The predicted octanol–water partition coefficient (Wildman–Crippen LogP) is 1.05. The lowest BCUT2D eigenvalue weighted by molar-refractivity contribution is -0.114. The maximum Gasteiger partial charge on any atom is 0.253 e. The summed E-state index contributed by atoms with van der Waals surface area (Å²) in [6.45, 7) is 4.48. The lowest BCUT2D eigenvalue weighted by Crippen LogP contribution is -2.46. The number of rotatable bonds is 4. The fourth-order valence-corrected chi connectivity index (χ4v) is 2.49. The van der Waals surface area contributed by atoms with Crippen molar-refractivity contribution in [3.8, 4) is 0 Å². The molecule has 1 aromatic rings. The van der Waals surface area contributed by atoms with E-state index >= 15 is 0 Å². The third-order valence-electron chi connectivity index (χ3n) is 3.62. The molecule has 120 valence electrons. The van der Waals surface area contributed by atoms with E-state index in [-0.39, 0.29) is 17.9 Å². The fourth-order valence-electron chi connectivity index (χ4n) is 2.49. The highest BCUT2D eigenvalue weighted by Gasteiger charge is 2.22. The van der Waals surface area contributed by atoms with Crippen LogP contribution in [0.1, 0.15) is 17.3 Å². The fraction of sp³-hybridized carbons (Fsp3) is 0.500. The number of ether oxygens (including phenoxy) is 1. The summed E-state index contributed by atoms with van der Waals surface area (Å²) in [4.78, 5) is 27.3. The van der Waals surface area contributed by atoms with Crippen molar-refractivity contribution < 1.29 is 14.3 Å². The van der Waals surface area contributed by atoms with Gasteiger partial charge < -0.3 is 19.9 Å². The monoisotopic (exact) mass is 305 g/mol. The highest BCUT2D eigenvalue weighted by Crippen LogP contribution is 2.12. The van der Waals surface area contributed by atoms with E-state index in [1.807, 2.05) is 0 Å². The first kappa shape index (κ1) is 16.5. The van der Waals surface area contributed by atoms with Crippen LogP contribution >= 0.6 is 0 Å². The molecule has 22 heavy (non-hydrogen) atoms. The molecular formula is C16H23N3O3. The number of hydrogen-bond donors (Lipinski definition) is 1. The van der Waals surface area contributed by atoms with E-state index in [1.54, 1.807) is 36.2 Å². The first-order chi connectivity index (χ1) is 10.5. The Morgan fingerprint density at radius 3 is 2.64 bits per heavy atom. The Morgan fingerprint density at radius 1 is 1.36 bits per heavy atom. The van der Waals surface area contributed by atoms with Crippen molar-refractivity contribution in [3.05, 3.63) is 29.8 Å². The minimum Gasteiger partial charge on any atom is -0.374 e. The van der Waals surface area contributed by atoms with Crippen molar-refractivity contribution in [2.45, 2.75) is 13.0 Å². The average Bonchev–Trinajstić information content (AvgIpc) is 2.46. The molecule has 1 aromatic carbocycles. The summed E-state index contributed by atoms with van der Waals surface area (Å²) in [5.41, 5.74) is 1.28. The van der Waals surface area contributed by atoms with Gasteiger partial charge in [-0.2, -0.15) is 0 Å². The van der Waals surface area contributed by atoms with Crippen LogP contribution in [-0.4, -0.2) is 68.1 Å². The number of nitrogens with one attached hydrogen (secondary N) is 1. The zero-order valence-corrected chi connectivity index (χ0v) is 13.3. The van der Waals surface area contributed by atoms with Crippen LogP contribution in [-0.2, 0) is 9.53 Å². The third-order valence-corrected chi connectivity index (χ3v) is 3.62. The van der Waals surface area contributed by atoms with Crippen LogP contribution < -0.4 is 5.32 Å². The van der Waals surface area contributed by atoms with Crippen molar-refractivity contribution in [1.82, 2.24) is 9.80 Å². The van der Waals surface area contributed by atoms with Crippen molar-refractivity contribution in [2.24, 2.45) is 0 Å². The number of carbonyl (C=O) groups is 2. The Balaban J connectivity index is 1.93. The van der Waals surface area contributed by atoms with E-state index in [2.05, 4.69) is 17.3 Å². The standard InChI is InChI=1S/C16H23N3O3/c1-12(20)17-14-6-4-13(5-7-14)16(21)19(3)11-15-10-18(2)8-9-22-15/h4-7,15H,8-11H2,1-3H3,(H,17,20). The molecule has 0 aromatic heterocycles. The predicted molar refractivity (Wildman–Crippen MR) is 84.9 cm³/mol. The quantitative estimate of drug-likeness (QED) is 0.903. The normalized spacial score (nSPS) is 18.8. The molecule has 0 spiro atoms. The summed E-state index contributed by atoms with van der Waals surface area (Å²) in [6.07, 6.45) is 0.0475. The zero-order valence-electron chi connectivity index (χ0n) is 13.3. The van der Waals surface area contributed by atoms with Gasteiger partial charge in [-0.3, -0.25) is 9.59 Å². The Morgan fingerprint density at radius 2 is 2.05 bits per heavy atom. The zero-order chi connectivity index (χ0) is 16.1. The van der Waals surface area contributed by atoms with Gasteiger partial charge in [-0.05, 0) is 31.3 Å². The molecule has 1 heterocycles. The first-order valence-electron chi connectivity index (χ1n) is 7.39. The Kier molecular flexibility index (Phi) is 5.51. The Bertz CT molecular complexity index is 530. The SMILES string of the molecule is CC(=O)Nc1ccc(C(=O)N(C)CC2CN(C)CCO2)cc1. The van der Waals surface area contributed by atoms with Gasteiger partial charge in [-0.25, -0.2) is 0 Å². The van der Waals surface area contributed by atoms with Crippen LogP contribution in [0.3, 0.4) is 0 Å². The minimum absolute atomic E-state index is 0.0475. The van der Waals surface area contributed by atoms with E-state index in [0.29, 0.717) is 24.4 Å². The molecule has 1 N–H and O–H groups in total. The highest BCUT2D eigenvalue weighted by molar-refractivity contribution is 5.95. The highest BCUT2D eigenvalue weighted by atomic mass is 16.5. The first-order valence-corrected chi connectivity index (χ1v) is 7.39. The molecule has 1 unspecified atom stereocenters. The summed E-state index contributed by atoms with van der Waals surface area (Å²) in [5.74, 6) is -0.180. The molecule has 1 saturated heterocycles. The molecule has 6 nitrogen and oxygen atoms in total. The van der Waals surface area contributed by atoms with Gasteiger partial charge in [0.15, 0.2) is 0 Å². The number of amides is 2. The van der Waals surface area contributed by atoms with Gasteiger partial charge in [0.1, 0.15) is 0 Å². The van der Waals surface area contributed by atoms with Gasteiger partial charge in [-0.1, -0.05) is 0 Å². The molecule has 0 saturated carbocycles. The molecule has 1 aliphatic heterocycles. The second kappa shape index (κ2) is 7.38. The Labute approximate surface area is 131 Å². The van der Waals surface area contributed by atoms with E-state index in [4.69, 9.17) is 4.74 Å². The summed E-state index contributed by atoms with van der Waals surface area (Å²) in [6, 6.07) is 6.90. The number of carbonyl (C=O) groups excluding carboxylic acids is 2. The maximum absolute atomic E-state index is 12.4. The van der Waals surface area contributed by atoms with Crippen molar-refractivity contribution in [2.75, 3.05) is 45.7 Å². The van der Waals surface area contributed by atoms with Gasteiger partial charge in [0, 0.05) is 44.9 Å². The second-order valence-electron chi connectivity index (χ2n) is 5.70. The van der Waals surface area contributed by atoms with E-state index in [1.165, 1.54) is 6.92 Å². The molecule has 1 atom stereocenters. The molecular weight excluding hydrogens is 282 g/mol. The minimum atomic E-state index is -0.130. The number of nitrogens with zero attached hydrogens (tertiary/aromatic N) is 2. The van der Waals surface area contributed by atoms with E-state index < -0.39 is 0 Å². The summed E-state index contributed by atoms with van der Waals surface area (Å²) >= 11 is 0. The van der Waals surface area contributed by atoms with Gasteiger partial charge in [0.25, 0.3) is 5.91 Å². The molecule has 6 heteroatoms. The lowest BCUT2D eigenvalue weighted by Gasteiger charge is -2.32. The number of morpholine rings is 1. The number of anilines is 1. The van der Waals surface area contributed by atoms with Crippen LogP contribution in [0, 0.1) is 0 Å². The van der Waals surface area contributed by atoms with Gasteiger partial charge >= 0.3 is 0 Å². The van der Waals surface area contributed by atoms with Crippen molar-refractivity contribution in [3.63, 3.8) is 0 Å². The van der Waals surface area contributed by atoms with Crippen LogP contribution in [0.5, 0.6) is 0 Å². The van der Waals surface area contributed by atoms with Crippen molar-refractivity contribution >= 4 is 17.5 Å². The summed E-state index contributed by atoms with van der Waals surface area (Å²) < 4.78 is 5.68. The van der Waals surface area contributed by atoms with Crippen LogP contribution in [0.4, 0.5) is 5.69 Å². The van der Waals surface area contributed by atoms with Gasteiger partial charge in [0.2, 0.25) is 5.91 Å². The largest absolute Gasteiger partial charge is 0.374 e. The van der Waals surface area contributed by atoms with Crippen LogP contribution in [0.2, 0.25) is 0 Å². The number of likely N-dealkylation sites (N-methyl/N-ethyl adjacent to an activating group) is 2. The Hall–Kier alpha value is -1.92. The van der Waals surface area contributed by atoms with Gasteiger partial charge in [0.05, 0.1) is 12.7 Å². The molecule has 1 aliphatic rings. The smallest absolute Gasteiger partial charge is 0.253 e. The van der Waals surface area contributed by atoms with Crippen LogP contribution in [0.25, 0.3) is 0 Å². The van der Waals surface area contributed by atoms with E-state index in [0.717, 1.165) is 13.1 Å². The summed E-state index contributed by atoms with van der Waals surface area (Å²) in [5, 5.41) is 2.68. The number of hydrogen-bond acceptors (Lipinski definition) is 4. The van der Waals surface area contributed by atoms with Gasteiger partial charge in [-0.15, -0.1) is 0 Å². The molecule has 0 radical (unpaired) electrons. The van der Waals surface area contributed by atoms with Crippen LogP contribution in [0.15, 0.2) is 24.3 Å². The molecule has 2 amide bonds. The molecule has 0 aliphatic carbocycles. The topological polar surface area (TPSA) is 61.9 Å². The van der Waals surface area contributed by atoms with Crippen molar-refractivity contribution in [1.29, 1.82) is 0 Å². The molecule has 2 rings (SSSR count). The summed E-state index contributed by atoms with van der Waals surface area (Å²) in [7, 11) is 3.83. The maximum atomic E-state index is 12.4. The average molecular weight is 305 g/mol. The number of benzene rings is 1. The lowest BCUT2D eigenvalue weighted by atomic mass is 10.1. The molecule has 1 fully saturated rings. The molecule has 0 bridgehead atoms. The third kappa shape index (κ3) is 4.54. The second-order valence-corrected chi connectivity index (χ2v) is 5.70.